The van der Waals surface area contributed by atoms with Crippen molar-refractivity contribution in [2.24, 2.45) is 0 Å². The molecule has 0 spiro atoms. The number of amides is 2. The Morgan fingerprint density at radius 2 is 1.83 bits per heavy atom. The van der Waals surface area contributed by atoms with Crippen LogP contribution < -0.4 is 10.2 Å². The van der Waals surface area contributed by atoms with Crippen molar-refractivity contribution in [3.63, 3.8) is 0 Å². The molecule has 0 bridgehead atoms. The summed E-state index contributed by atoms with van der Waals surface area (Å²) in [6.07, 6.45) is 2.54. The molecule has 2 heterocycles. The molecular weight excluding hydrogens is 536 g/mol. The molecular formula is C31H32N6O3S. The van der Waals surface area contributed by atoms with Gasteiger partial charge in [-0.05, 0) is 43.2 Å². The van der Waals surface area contributed by atoms with Gasteiger partial charge in [0.1, 0.15) is 11.1 Å². The number of carbonyl (C=O) groups excluding carboxylic acids is 2. The predicted octanol–water partition coefficient (Wildman–Crippen LogP) is 3.83. The van der Waals surface area contributed by atoms with E-state index < -0.39 is 18.1 Å². The summed E-state index contributed by atoms with van der Waals surface area (Å²) in [7, 11) is 3.50. The highest BCUT2D eigenvalue weighted by molar-refractivity contribution is 7.09. The molecule has 4 rings (SSSR count). The molecule has 2 aromatic carbocycles. The molecule has 210 valence electrons. The summed E-state index contributed by atoms with van der Waals surface area (Å²) >= 11 is 1.50. The fraction of sp³-hybridized carbons (Fsp3) is 0.258. The molecule has 41 heavy (non-hydrogen) atoms. The standard InChI is InChI=1S/C31H32N6O3S/c1-21-20-41-29(34-21)19-37(3)31(40)25-11-7-10-24(14-25)30(39)35-27(13-22-8-5-4-6-9-22)28(38)18-36(2)26-12-23(15-32)16-33-17-26/h4-12,14,16-17,20,27-28,38H,13,18-19H2,1-3H3,(H,35,39)/t27-,28+/m0/s1. The van der Waals surface area contributed by atoms with Crippen LogP contribution in [0.5, 0.6) is 0 Å². The predicted molar refractivity (Wildman–Crippen MR) is 159 cm³/mol. The second-order valence-corrected chi connectivity index (χ2v) is 10.8. The minimum atomic E-state index is -0.951. The number of hydrogen-bond donors (Lipinski definition) is 2. The van der Waals surface area contributed by atoms with Crippen LogP contribution in [0.25, 0.3) is 0 Å². The van der Waals surface area contributed by atoms with Crippen LogP contribution in [0.15, 0.2) is 78.4 Å². The van der Waals surface area contributed by atoms with Crippen LogP contribution in [-0.4, -0.2) is 64.6 Å². The minimum absolute atomic E-state index is 0.188. The number of benzene rings is 2. The van der Waals surface area contributed by atoms with Gasteiger partial charge in [0.25, 0.3) is 11.8 Å². The molecule has 0 saturated heterocycles. The number of aliphatic hydroxyl groups is 1. The van der Waals surface area contributed by atoms with Crippen molar-refractivity contribution in [1.82, 2.24) is 20.2 Å². The lowest BCUT2D eigenvalue weighted by Gasteiger charge is -2.29. The number of pyridine rings is 1. The Morgan fingerprint density at radius 3 is 2.54 bits per heavy atom. The van der Waals surface area contributed by atoms with Gasteiger partial charge < -0.3 is 20.2 Å². The zero-order chi connectivity index (χ0) is 29.4. The normalized spacial score (nSPS) is 12.2. The Balaban J connectivity index is 1.49. The van der Waals surface area contributed by atoms with E-state index >= 15 is 0 Å². The third kappa shape index (κ3) is 7.97. The highest BCUT2D eigenvalue weighted by Crippen LogP contribution is 2.17. The van der Waals surface area contributed by atoms with Crippen LogP contribution in [0.3, 0.4) is 0 Å². The van der Waals surface area contributed by atoms with E-state index in [0.29, 0.717) is 35.3 Å². The van der Waals surface area contributed by atoms with Crippen molar-refractivity contribution in [2.75, 3.05) is 25.5 Å². The highest BCUT2D eigenvalue weighted by Gasteiger charge is 2.25. The van der Waals surface area contributed by atoms with E-state index in [-0.39, 0.29) is 12.5 Å². The number of aryl methyl sites for hydroxylation is 1. The number of aromatic nitrogens is 2. The molecule has 2 amide bonds. The monoisotopic (exact) mass is 568 g/mol. The van der Waals surface area contributed by atoms with Gasteiger partial charge in [0, 0.05) is 49.0 Å². The fourth-order valence-electron chi connectivity index (χ4n) is 4.38. The van der Waals surface area contributed by atoms with Crippen molar-refractivity contribution in [2.45, 2.75) is 32.0 Å². The van der Waals surface area contributed by atoms with Crippen LogP contribution in [-0.2, 0) is 13.0 Å². The first kappa shape index (κ1) is 29.4. The molecule has 0 radical (unpaired) electrons. The Kier molecular flexibility index (Phi) is 9.79. The van der Waals surface area contributed by atoms with E-state index in [1.807, 2.05) is 42.6 Å². The summed E-state index contributed by atoms with van der Waals surface area (Å²) in [6, 6.07) is 19.3. The van der Waals surface area contributed by atoms with Gasteiger partial charge in [0.2, 0.25) is 0 Å². The van der Waals surface area contributed by atoms with E-state index in [1.165, 1.54) is 17.5 Å². The lowest BCUT2D eigenvalue weighted by molar-refractivity contribution is 0.0785. The second-order valence-electron chi connectivity index (χ2n) is 9.89. The molecule has 2 aromatic heterocycles. The summed E-state index contributed by atoms with van der Waals surface area (Å²) < 4.78 is 0. The summed E-state index contributed by atoms with van der Waals surface area (Å²) in [4.78, 5) is 38.4. The molecule has 0 saturated carbocycles. The summed E-state index contributed by atoms with van der Waals surface area (Å²) in [5, 5.41) is 26.2. The van der Waals surface area contributed by atoms with Crippen molar-refractivity contribution in [3.8, 4) is 6.07 Å². The third-order valence-electron chi connectivity index (χ3n) is 6.59. The molecule has 2 N–H and O–H groups in total. The van der Waals surface area contributed by atoms with Crippen molar-refractivity contribution in [1.29, 1.82) is 5.26 Å². The van der Waals surface area contributed by atoms with Crippen LogP contribution >= 0.6 is 11.3 Å². The summed E-state index contributed by atoms with van der Waals surface area (Å²) in [5.74, 6) is -0.614. The van der Waals surface area contributed by atoms with Gasteiger partial charge in [-0.3, -0.25) is 14.6 Å². The number of likely N-dealkylation sites (N-methyl/N-ethyl adjacent to an activating group) is 1. The molecule has 2 atom stereocenters. The number of hydrogen-bond acceptors (Lipinski definition) is 8. The molecule has 0 aliphatic carbocycles. The quantitative estimate of drug-likeness (QED) is 0.282. The lowest BCUT2D eigenvalue weighted by Crippen LogP contribution is -2.49. The van der Waals surface area contributed by atoms with Crippen molar-refractivity contribution >= 4 is 28.8 Å². The maximum atomic E-state index is 13.4. The zero-order valence-electron chi connectivity index (χ0n) is 23.2. The Hall–Kier alpha value is -4.59. The molecule has 0 aliphatic rings. The first-order valence-electron chi connectivity index (χ1n) is 13.1. The molecule has 9 nitrogen and oxygen atoms in total. The van der Waals surface area contributed by atoms with Gasteiger partial charge in [0.15, 0.2) is 0 Å². The fourth-order valence-corrected chi connectivity index (χ4v) is 5.20. The van der Waals surface area contributed by atoms with Crippen molar-refractivity contribution in [3.05, 3.63) is 111 Å². The van der Waals surface area contributed by atoms with Gasteiger partial charge in [-0.25, -0.2) is 4.98 Å². The molecule has 10 heteroatoms. The molecule has 0 fully saturated rings. The smallest absolute Gasteiger partial charge is 0.253 e. The number of carbonyl (C=O) groups is 2. The second kappa shape index (κ2) is 13.7. The van der Waals surface area contributed by atoms with E-state index in [1.54, 1.807) is 60.4 Å². The molecule has 0 unspecified atom stereocenters. The maximum Gasteiger partial charge on any atom is 0.253 e. The topological polar surface area (TPSA) is 122 Å². The number of nitriles is 1. The first-order chi connectivity index (χ1) is 19.7. The molecule has 0 aliphatic heterocycles. The Bertz CT molecular complexity index is 1530. The van der Waals surface area contributed by atoms with Gasteiger partial charge in [0.05, 0.1) is 36.1 Å². The maximum absolute atomic E-state index is 13.4. The third-order valence-corrected chi connectivity index (χ3v) is 7.54. The Morgan fingerprint density at radius 1 is 1.07 bits per heavy atom. The largest absolute Gasteiger partial charge is 0.389 e. The highest BCUT2D eigenvalue weighted by atomic mass is 32.1. The van der Waals surface area contributed by atoms with E-state index in [0.717, 1.165) is 16.3 Å². The number of anilines is 1. The van der Waals surface area contributed by atoms with E-state index in [4.69, 9.17) is 0 Å². The Labute approximate surface area is 243 Å². The van der Waals surface area contributed by atoms with Crippen molar-refractivity contribution < 1.29 is 14.7 Å². The number of rotatable bonds is 11. The zero-order valence-corrected chi connectivity index (χ0v) is 24.0. The van der Waals surface area contributed by atoms with Gasteiger partial charge in [-0.1, -0.05) is 36.4 Å². The van der Waals surface area contributed by atoms with Gasteiger partial charge in [-0.2, -0.15) is 5.26 Å². The van der Waals surface area contributed by atoms with Gasteiger partial charge >= 0.3 is 0 Å². The molecule has 4 aromatic rings. The van der Waals surface area contributed by atoms with E-state index in [2.05, 4.69) is 21.4 Å². The first-order valence-corrected chi connectivity index (χ1v) is 14.0. The SMILES string of the molecule is Cc1csc(CN(C)C(=O)c2cccc(C(=O)N[C@@H](Cc3ccccc3)[C@H](O)CN(C)c3cncc(C#N)c3)c2)n1. The van der Waals surface area contributed by atoms with Crippen LogP contribution in [0.1, 0.15) is 42.5 Å². The number of nitrogens with zero attached hydrogens (tertiary/aromatic N) is 5. The van der Waals surface area contributed by atoms with Crippen LogP contribution in [0.2, 0.25) is 0 Å². The average molecular weight is 569 g/mol. The summed E-state index contributed by atoms with van der Waals surface area (Å²) in [5.41, 5.74) is 3.67. The number of thiazole rings is 1. The number of nitrogens with one attached hydrogen (secondary N) is 1. The lowest BCUT2D eigenvalue weighted by atomic mass is 9.99. The number of aliphatic hydroxyl groups excluding tert-OH is 1. The summed E-state index contributed by atoms with van der Waals surface area (Å²) in [6.45, 7) is 2.47. The van der Waals surface area contributed by atoms with E-state index in [9.17, 15) is 20.0 Å². The van der Waals surface area contributed by atoms with Gasteiger partial charge in [-0.15, -0.1) is 11.3 Å². The van der Waals surface area contributed by atoms with Crippen LogP contribution in [0, 0.1) is 18.3 Å². The minimum Gasteiger partial charge on any atom is -0.389 e. The van der Waals surface area contributed by atoms with Crippen LogP contribution in [0.4, 0.5) is 5.69 Å². The average Bonchev–Trinajstić information content (AvgIpc) is 3.40.